The summed E-state index contributed by atoms with van der Waals surface area (Å²) in [6, 6.07) is 0. The number of carboxylic acid groups (broad SMARTS) is 1. The first-order valence-electron chi connectivity index (χ1n) is 8.70. The highest BCUT2D eigenvalue weighted by molar-refractivity contribution is 5.66. The van der Waals surface area contributed by atoms with Gasteiger partial charge in [-0.15, -0.1) is 0 Å². The molecule has 0 heterocycles. The first-order valence-corrected chi connectivity index (χ1v) is 8.70. The molecular weight excluding hydrogens is 288 g/mol. The van der Waals surface area contributed by atoms with E-state index in [9.17, 15) is 9.90 Å². The number of hydrogen-bond acceptors (Lipinski definition) is 2. The fourth-order valence-corrected chi connectivity index (χ4v) is 1.98. The summed E-state index contributed by atoms with van der Waals surface area (Å²) < 4.78 is 0. The topological polar surface area (TPSA) is 57.5 Å². The number of aliphatic carboxylic acids is 1. The Bertz CT molecular complexity index is 392. The zero-order valence-corrected chi connectivity index (χ0v) is 14.4. The summed E-state index contributed by atoms with van der Waals surface area (Å²) >= 11 is 0. The minimum Gasteiger partial charge on any atom is -0.481 e. The molecule has 0 spiro atoms. The SMILES string of the molecule is CCCCC/C=C/C/C=C/C/C=C/C=C/[C@H](O)CCCC(=O)O. The van der Waals surface area contributed by atoms with Crippen LogP contribution in [0.3, 0.4) is 0 Å². The maximum atomic E-state index is 10.3. The molecule has 0 radical (unpaired) electrons. The third-order valence-electron chi connectivity index (χ3n) is 3.32. The summed E-state index contributed by atoms with van der Waals surface area (Å²) in [5, 5.41) is 18.1. The Hall–Kier alpha value is -1.61. The van der Waals surface area contributed by atoms with E-state index in [4.69, 9.17) is 5.11 Å². The van der Waals surface area contributed by atoms with Crippen LogP contribution in [-0.2, 0) is 4.79 Å². The van der Waals surface area contributed by atoms with Gasteiger partial charge in [0.1, 0.15) is 0 Å². The molecule has 23 heavy (non-hydrogen) atoms. The monoisotopic (exact) mass is 320 g/mol. The molecule has 0 fully saturated rings. The summed E-state index contributed by atoms with van der Waals surface area (Å²) in [5.41, 5.74) is 0. The van der Waals surface area contributed by atoms with Gasteiger partial charge in [-0.2, -0.15) is 0 Å². The van der Waals surface area contributed by atoms with E-state index in [1.807, 2.05) is 18.2 Å². The number of unbranched alkanes of at least 4 members (excludes halogenated alkanes) is 3. The number of aliphatic hydroxyl groups excluding tert-OH is 1. The van der Waals surface area contributed by atoms with Crippen LogP contribution in [0, 0.1) is 0 Å². The van der Waals surface area contributed by atoms with Crippen molar-refractivity contribution >= 4 is 5.97 Å². The fraction of sp³-hybridized carbons (Fsp3) is 0.550. The van der Waals surface area contributed by atoms with Gasteiger partial charge in [0.2, 0.25) is 0 Å². The molecule has 3 nitrogen and oxygen atoms in total. The van der Waals surface area contributed by atoms with Crippen LogP contribution in [0.15, 0.2) is 48.6 Å². The molecule has 0 aromatic heterocycles. The van der Waals surface area contributed by atoms with Gasteiger partial charge < -0.3 is 10.2 Å². The lowest BCUT2D eigenvalue weighted by Gasteiger charge is -2.02. The quantitative estimate of drug-likeness (QED) is 0.263. The van der Waals surface area contributed by atoms with Crippen LogP contribution in [0.4, 0.5) is 0 Å². The Morgan fingerprint density at radius 2 is 1.65 bits per heavy atom. The van der Waals surface area contributed by atoms with Crippen LogP contribution in [0.5, 0.6) is 0 Å². The molecule has 2 N–H and O–H groups in total. The van der Waals surface area contributed by atoms with E-state index in [2.05, 4.69) is 31.2 Å². The zero-order valence-electron chi connectivity index (χ0n) is 14.4. The number of allylic oxidation sites excluding steroid dienone is 7. The van der Waals surface area contributed by atoms with Crippen molar-refractivity contribution in [3.63, 3.8) is 0 Å². The second kappa shape index (κ2) is 16.8. The minimum absolute atomic E-state index is 0.110. The van der Waals surface area contributed by atoms with Gasteiger partial charge in [0.25, 0.3) is 0 Å². The van der Waals surface area contributed by atoms with Crippen LogP contribution in [0.2, 0.25) is 0 Å². The largest absolute Gasteiger partial charge is 0.481 e. The molecule has 0 amide bonds. The molecule has 130 valence electrons. The molecule has 0 saturated heterocycles. The van der Waals surface area contributed by atoms with Gasteiger partial charge in [0, 0.05) is 6.42 Å². The van der Waals surface area contributed by atoms with E-state index in [1.165, 1.54) is 25.7 Å². The summed E-state index contributed by atoms with van der Waals surface area (Å²) in [7, 11) is 0. The summed E-state index contributed by atoms with van der Waals surface area (Å²) in [4.78, 5) is 10.3. The standard InChI is InChI=1S/C20H32O3/c1-2-3-4-5-6-7-8-9-10-11-12-13-14-16-19(21)17-15-18-20(22)23/h6-7,9-10,12-14,16,19,21H,2-5,8,11,15,17-18H2,1H3,(H,22,23)/b7-6+,10-9+,13-12+,16-14+/t19-/m0/s1. The molecule has 0 rings (SSSR count). The molecule has 0 saturated carbocycles. The van der Waals surface area contributed by atoms with Gasteiger partial charge in [-0.3, -0.25) is 4.79 Å². The van der Waals surface area contributed by atoms with Crippen LogP contribution in [0.25, 0.3) is 0 Å². The molecule has 0 aliphatic rings. The highest BCUT2D eigenvalue weighted by atomic mass is 16.4. The summed E-state index contributed by atoms with van der Waals surface area (Å²) in [6.45, 7) is 2.22. The van der Waals surface area contributed by atoms with Crippen molar-refractivity contribution in [3.8, 4) is 0 Å². The average molecular weight is 320 g/mol. The van der Waals surface area contributed by atoms with Gasteiger partial charge in [-0.25, -0.2) is 0 Å². The molecule has 0 aromatic carbocycles. The van der Waals surface area contributed by atoms with Crippen LogP contribution >= 0.6 is 0 Å². The zero-order chi connectivity index (χ0) is 17.2. The number of aliphatic hydroxyl groups is 1. The Labute approximate surface area is 141 Å². The van der Waals surface area contributed by atoms with Gasteiger partial charge in [-0.05, 0) is 38.5 Å². The van der Waals surface area contributed by atoms with Crippen molar-refractivity contribution in [3.05, 3.63) is 48.6 Å². The predicted molar refractivity (Wildman–Crippen MR) is 97.4 cm³/mol. The van der Waals surface area contributed by atoms with E-state index in [1.54, 1.807) is 6.08 Å². The second-order valence-electron chi connectivity index (χ2n) is 5.58. The lowest BCUT2D eigenvalue weighted by atomic mass is 10.1. The van der Waals surface area contributed by atoms with Crippen molar-refractivity contribution < 1.29 is 15.0 Å². The van der Waals surface area contributed by atoms with Crippen molar-refractivity contribution in [2.75, 3.05) is 0 Å². The van der Waals surface area contributed by atoms with E-state index in [0.29, 0.717) is 12.8 Å². The lowest BCUT2D eigenvalue weighted by molar-refractivity contribution is -0.137. The molecule has 1 atom stereocenters. The molecule has 0 aliphatic carbocycles. The normalized spacial score (nSPS) is 13.8. The summed E-state index contributed by atoms with van der Waals surface area (Å²) in [6.07, 6.45) is 23.6. The van der Waals surface area contributed by atoms with Gasteiger partial charge >= 0.3 is 5.97 Å². The highest BCUT2D eigenvalue weighted by Gasteiger charge is 2.01. The Balaban J connectivity index is 3.59. The maximum absolute atomic E-state index is 10.3. The molecule has 0 unspecified atom stereocenters. The number of hydrogen-bond donors (Lipinski definition) is 2. The fourth-order valence-electron chi connectivity index (χ4n) is 1.98. The minimum atomic E-state index is -0.816. The molecule has 0 bridgehead atoms. The Kier molecular flexibility index (Phi) is 15.6. The van der Waals surface area contributed by atoms with Gasteiger partial charge in [0.05, 0.1) is 6.10 Å². The predicted octanol–water partition coefficient (Wildman–Crippen LogP) is 5.19. The van der Waals surface area contributed by atoms with Gasteiger partial charge in [-0.1, -0.05) is 68.4 Å². The maximum Gasteiger partial charge on any atom is 0.303 e. The smallest absolute Gasteiger partial charge is 0.303 e. The lowest BCUT2D eigenvalue weighted by Crippen LogP contribution is -2.03. The number of carbonyl (C=O) groups is 1. The first kappa shape index (κ1) is 21.4. The van der Waals surface area contributed by atoms with E-state index in [-0.39, 0.29) is 6.42 Å². The van der Waals surface area contributed by atoms with Crippen molar-refractivity contribution in [2.24, 2.45) is 0 Å². The van der Waals surface area contributed by atoms with Gasteiger partial charge in [0.15, 0.2) is 0 Å². The second-order valence-corrected chi connectivity index (χ2v) is 5.58. The third-order valence-corrected chi connectivity index (χ3v) is 3.32. The number of rotatable bonds is 14. The first-order chi connectivity index (χ1) is 11.2. The Morgan fingerprint density at radius 3 is 2.35 bits per heavy atom. The van der Waals surface area contributed by atoms with Crippen LogP contribution in [0.1, 0.15) is 64.7 Å². The van der Waals surface area contributed by atoms with Crippen molar-refractivity contribution in [1.29, 1.82) is 0 Å². The average Bonchev–Trinajstić information content (AvgIpc) is 2.51. The van der Waals surface area contributed by atoms with Crippen molar-refractivity contribution in [2.45, 2.75) is 70.8 Å². The van der Waals surface area contributed by atoms with Crippen molar-refractivity contribution in [1.82, 2.24) is 0 Å². The van der Waals surface area contributed by atoms with E-state index >= 15 is 0 Å². The highest BCUT2D eigenvalue weighted by Crippen LogP contribution is 2.03. The molecule has 0 aromatic rings. The third kappa shape index (κ3) is 18.3. The summed E-state index contributed by atoms with van der Waals surface area (Å²) in [5.74, 6) is -0.816. The number of carboxylic acids is 1. The molecule has 3 heteroatoms. The Morgan fingerprint density at radius 1 is 0.957 bits per heavy atom. The molecule has 0 aliphatic heterocycles. The van der Waals surface area contributed by atoms with Crippen LogP contribution in [-0.4, -0.2) is 22.3 Å². The van der Waals surface area contributed by atoms with E-state index in [0.717, 1.165) is 12.8 Å². The molecular formula is C20H32O3. The van der Waals surface area contributed by atoms with Crippen LogP contribution < -0.4 is 0 Å². The van der Waals surface area contributed by atoms with E-state index < -0.39 is 12.1 Å².